The second kappa shape index (κ2) is 6.50. The first-order valence-electron chi connectivity index (χ1n) is 7.90. The van der Waals surface area contributed by atoms with Gasteiger partial charge in [0.1, 0.15) is 6.54 Å². The number of halogens is 1. The van der Waals surface area contributed by atoms with Crippen LogP contribution in [0.5, 0.6) is 0 Å². The van der Waals surface area contributed by atoms with Crippen molar-refractivity contribution in [2.45, 2.75) is 25.4 Å². The van der Waals surface area contributed by atoms with Gasteiger partial charge in [-0.25, -0.2) is 9.48 Å². The van der Waals surface area contributed by atoms with E-state index in [9.17, 15) is 9.59 Å². The molecule has 6 nitrogen and oxygen atoms in total. The Bertz CT molecular complexity index is 973. The molecule has 0 atom stereocenters. The van der Waals surface area contributed by atoms with Crippen LogP contribution in [0.3, 0.4) is 0 Å². The molecule has 0 radical (unpaired) electrons. The quantitative estimate of drug-likeness (QED) is 0.744. The van der Waals surface area contributed by atoms with Crippen molar-refractivity contribution < 1.29 is 4.79 Å². The molecule has 25 heavy (non-hydrogen) atoms. The normalized spacial score (nSPS) is 13.8. The van der Waals surface area contributed by atoms with Gasteiger partial charge in [-0.05, 0) is 42.5 Å². The fourth-order valence-corrected chi connectivity index (χ4v) is 3.56. The number of nitrogens with zero attached hydrogens (tertiary/aromatic N) is 3. The molecule has 0 spiro atoms. The van der Waals surface area contributed by atoms with E-state index in [1.807, 2.05) is 17.5 Å². The third-order valence-corrected chi connectivity index (χ3v) is 5.03. The Balaban J connectivity index is 1.59. The minimum atomic E-state index is -0.317. The summed E-state index contributed by atoms with van der Waals surface area (Å²) >= 11 is 7.45. The predicted molar refractivity (Wildman–Crippen MR) is 98.2 cm³/mol. The molecule has 1 aliphatic carbocycles. The molecule has 8 heteroatoms. The topological polar surface area (TPSA) is 68.9 Å². The van der Waals surface area contributed by atoms with Crippen molar-refractivity contribution in [1.29, 1.82) is 0 Å². The number of rotatable bonds is 5. The number of benzene rings is 1. The molecule has 0 saturated heterocycles. The Labute approximate surface area is 152 Å². The molecule has 1 amide bonds. The van der Waals surface area contributed by atoms with Crippen LogP contribution in [0.4, 0.5) is 5.69 Å². The summed E-state index contributed by atoms with van der Waals surface area (Å²) in [5.74, 6) is 0.320. The molecular formula is C17H15ClN4O2S. The Kier molecular flexibility index (Phi) is 4.19. The van der Waals surface area contributed by atoms with Crippen LogP contribution in [0.25, 0.3) is 10.7 Å². The molecule has 4 rings (SSSR count). The van der Waals surface area contributed by atoms with Gasteiger partial charge in [0.15, 0.2) is 5.82 Å². The van der Waals surface area contributed by atoms with E-state index in [4.69, 9.17) is 11.6 Å². The summed E-state index contributed by atoms with van der Waals surface area (Å²) in [7, 11) is 0. The Morgan fingerprint density at radius 1 is 1.32 bits per heavy atom. The average molecular weight is 375 g/mol. The molecule has 0 unspecified atom stereocenters. The molecule has 1 saturated carbocycles. The third-order valence-electron chi connectivity index (χ3n) is 3.93. The third kappa shape index (κ3) is 3.38. The number of amides is 1. The summed E-state index contributed by atoms with van der Waals surface area (Å²) in [5, 5.41) is 9.62. The largest absolute Gasteiger partial charge is 0.346 e. The molecule has 1 aliphatic rings. The SMILES string of the molecule is O=C(Cn1nc(-c2cccs2)n(C2CC2)c1=O)Nc1cccc(Cl)c1. The summed E-state index contributed by atoms with van der Waals surface area (Å²) in [6, 6.07) is 10.9. The predicted octanol–water partition coefficient (Wildman–Crippen LogP) is 3.40. The highest BCUT2D eigenvalue weighted by Crippen LogP contribution is 2.37. The Morgan fingerprint density at radius 3 is 2.84 bits per heavy atom. The molecule has 2 heterocycles. The number of nitrogens with one attached hydrogen (secondary N) is 1. The second-order valence-electron chi connectivity index (χ2n) is 5.90. The number of thiophene rings is 1. The van der Waals surface area contributed by atoms with Crippen LogP contribution in [-0.4, -0.2) is 20.3 Å². The van der Waals surface area contributed by atoms with Crippen molar-refractivity contribution in [3.8, 4) is 10.7 Å². The van der Waals surface area contributed by atoms with E-state index in [-0.39, 0.29) is 24.2 Å². The van der Waals surface area contributed by atoms with E-state index in [1.165, 1.54) is 16.0 Å². The van der Waals surface area contributed by atoms with Gasteiger partial charge < -0.3 is 5.32 Å². The van der Waals surface area contributed by atoms with Gasteiger partial charge in [-0.1, -0.05) is 23.7 Å². The number of carbonyl (C=O) groups is 1. The minimum Gasteiger partial charge on any atom is -0.324 e. The maximum absolute atomic E-state index is 12.7. The molecule has 128 valence electrons. The van der Waals surface area contributed by atoms with Gasteiger partial charge in [0.25, 0.3) is 0 Å². The van der Waals surface area contributed by atoms with Gasteiger partial charge in [0.05, 0.1) is 4.88 Å². The highest BCUT2D eigenvalue weighted by atomic mass is 35.5. The van der Waals surface area contributed by atoms with Gasteiger partial charge in [-0.15, -0.1) is 16.4 Å². The van der Waals surface area contributed by atoms with E-state index >= 15 is 0 Å². The van der Waals surface area contributed by atoms with Crippen LogP contribution in [-0.2, 0) is 11.3 Å². The second-order valence-corrected chi connectivity index (χ2v) is 7.28. The monoisotopic (exact) mass is 374 g/mol. The summed E-state index contributed by atoms with van der Waals surface area (Å²) in [4.78, 5) is 25.9. The molecule has 1 fully saturated rings. The zero-order valence-corrected chi connectivity index (χ0v) is 14.8. The van der Waals surface area contributed by atoms with Crippen LogP contribution in [0, 0.1) is 0 Å². The summed E-state index contributed by atoms with van der Waals surface area (Å²) in [5.41, 5.74) is 0.345. The van der Waals surface area contributed by atoms with Crippen LogP contribution in [0.15, 0.2) is 46.6 Å². The first-order chi connectivity index (χ1) is 12.1. The van der Waals surface area contributed by atoms with E-state index < -0.39 is 0 Å². The molecule has 1 aromatic carbocycles. The standard InChI is InChI=1S/C17H15ClN4O2S/c18-11-3-1-4-12(9-11)19-15(23)10-21-17(24)22(13-6-7-13)16(20-21)14-5-2-8-25-14/h1-5,8-9,13H,6-7,10H2,(H,19,23). The highest BCUT2D eigenvalue weighted by molar-refractivity contribution is 7.13. The van der Waals surface area contributed by atoms with Gasteiger partial charge in [-0.3, -0.25) is 9.36 Å². The maximum atomic E-state index is 12.7. The number of hydrogen-bond donors (Lipinski definition) is 1. The molecule has 0 aliphatic heterocycles. The first kappa shape index (κ1) is 16.1. The van der Waals surface area contributed by atoms with Crippen molar-refractivity contribution in [3.63, 3.8) is 0 Å². The molecule has 2 aromatic heterocycles. The lowest BCUT2D eigenvalue weighted by Crippen LogP contribution is -2.30. The van der Waals surface area contributed by atoms with Crippen LogP contribution in [0.1, 0.15) is 18.9 Å². The first-order valence-corrected chi connectivity index (χ1v) is 9.16. The van der Waals surface area contributed by atoms with Gasteiger partial charge >= 0.3 is 5.69 Å². The van der Waals surface area contributed by atoms with Crippen LogP contribution in [0.2, 0.25) is 5.02 Å². The lowest BCUT2D eigenvalue weighted by atomic mass is 10.3. The number of aromatic nitrogens is 3. The van der Waals surface area contributed by atoms with Crippen molar-refractivity contribution in [3.05, 3.63) is 57.3 Å². The fourth-order valence-electron chi connectivity index (χ4n) is 2.66. The van der Waals surface area contributed by atoms with E-state index in [1.54, 1.807) is 28.8 Å². The lowest BCUT2D eigenvalue weighted by Gasteiger charge is -2.04. The molecule has 3 aromatic rings. The van der Waals surface area contributed by atoms with Crippen molar-refractivity contribution in [2.24, 2.45) is 0 Å². The Morgan fingerprint density at radius 2 is 2.16 bits per heavy atom. The van der Waals surface area contributed by atoms with Gasteiger partial charge in [0, 0.05) is 16.8 Å². The van der Waals surface area contributed by atoms with Gasteiger partial charge in [-0.2, -0.15) is 0 Å². The highest BCUT2D eigenvalue weighted by Gasteiger charge is 2.31. The zero-order chi connectivity index (χ0) is 17.4. The van der Waals surface area contributed by atoms with Crippen LogP contribution >= 0.6 is 22.9 Å². The molecule has 0 bridgehead atoms. The smallest absolute Gasteiger partial charge is 0.324 e. The van der Waals surface area contributed by atoms with Crippen molar-refractivity contribution >= 4 is 34.5 Å². The van der Waals surface area contributed by atoms with Crippen molar-refractivity contribution in [2.75, 3.05) is 5.32 Å². The Hall–Kier alpha value is -2.38. The molecular weight excluding hydrogens is 360 g/mol. The molecule has 1 N–H and O–H groups in total. The lowest BCUT2D eigenvalue weighted by molar-refractivity contribution is -0.117. The fraction of sp³-hybridized carbons (Fsp3) is 0.235. The number of carbonyl (C=O) groups excluding carboxylic acids is 1. The maximum Gasteiger partial charge on any atom is 0.346 e. The van der Waals surface area contributed by atoms with E-state index in [0.717, 1.165) is 17.7 Å². The van der Waals surface area contributed by atoms with Crippen LogP contribution < -0.4 is 11.0 Å². The average Bonchev–Trinajstić information content (AvgIpc) is 3.15. The van der Waals surface area contributed by atoms with E-state index in [0.29, 0.717) is 16.5 Å². The summed E-state index contributed by atoms with van der Waals surface area (Å²) in [6.07, 6.45) is 1.94. The van der Waals surface area contributed by atoms with E-state index in [2.05, 4.69) is 10.4 Å². The van der Waals surface area contributed by atoms with Gasteiger partial charge in [0.2, 0.25) is 5.91 Å². The van der Waals surface area contributed by atoms with Crippen molar-refractivity contribution in [1.82, 2.24) is 14.3 Å². The summed E-state index contributed by atoms with van der Waals surface area (Å²) in [6.45, 7) is -0.135. The summed E-state index contributed by atoms with van der Waals surface area (Å²) < 4.78 is 2.94. The number of hydrogen-bond acceptors (Lipinski definition) is 4. The number of anilines is 1. The minimum absolute atomic E-state index is 0.135. The zero-order valence-electron chi connectivity index (χ0n) is 13.2.